The summed E-state index contributed by atoms with van der Waals surface area (Å²) >= 11 is 0. The second-order valence-electron chi connectivity index (χ2n) is 6.64. The zero-order valence-corrected chi connectivity index (χ0v) is 14.3. The SMILES string of the molecule is Cc1ccc(C(c2cccnc2)N2CCCCC2C(=O)O)c(C)c1. The van der Waals surface area contributed by atoms with E-state index in [-0.39, 0.29) is 6.04 Å². The summed E-state index contributed by atoms with van der Waals surface area (Å²) in [6.07, 6.45) is 6.33. The highest BCUT2D eigenvalue weighted by molar-refractivity contribution is 5.73. The topological polar surface area (TPSA) is 53.4 Å². The molecule has 1 fully saturated rings. The van der Waals surface area contributed by atoms with Crippen LogP contribution in [-0.2, 0) is 4.79 Å². The predicted octanol–water partition coefficient (Wildman–Crippen LogP) is 3.73. The maximum Gasteiger partial charge on any atom is 0.320 e. The molecule has 2 unspecified atom stereocenters. The number of carbonyl (C=O) groups is 1. The molecule has 1 N–H and O–H groups in total. The van der Waals surface area contributed by atoms with Gasteiger partial charge in [0.25, 0.3) is 0 Å². The second-order valence-corrected chi connectivity index (χ2v) is 6.64. The Balaban J connectivity index is 2.10. The van der Waals surface area contributed by atoms with Gasteiger partial charge in [0.05, 0.1) is 6.04 Å². The second kappa shape index (κ2) is 7.14. The van der Waals surface area contributed by atoms with Gasteiger partial charge in [-0.3, -0.25) is 14.7 Å². The molecule has 2 aromatic rings. The molecule has 1 aliphatic rings. The molecule has 1 aromatic carbocycles. The van der Waals surface area contributed by atoms with Crippen LogP contribution in [-0.4, -0.2) is 33.5 Å². The maximum atomic E-state index is 11.8. The van der Waals surface area contributed by atoms with Gasteiger partial charge in [0.2, 0.25) is 0 Å². The number of carboxylic acid groups (broad SMARTS) is 1. The molecule has 4 nitrogen and oxygen atoms in total. The van der Waals surface area contributed by atoms with Gasteiger partial charge in [0.1, 0.15) is 6.04 Å². The lowest BCUT2D eigenvalue weighted by molar-refractivity contribution is -0.145. The third-order valence-corrected chi connectivity index (χ3v) is 4.88. The van der Waals surface area contributed by atoms with Crippen molar-refractivity contribution in [3.8, 4) is 0 Å². The lowest BCUT2D eigenvalue weighted by Gasteiger charge is -2.40. The number of hydrogen-bond acceptors (Lipinski definition) is 3. The third-order valence-electron chi connectivity index (χ3n) is 4.88. The number of aliphatic carboxylic acids is 1. The number of benzene rings is 1. The fourth-order valence-corrected chi connectivity index (χ4v) is 3.75. The molecule has 0 bridgehead atoms. The van der Waals surface area contributed by atoms with Crippen LogP contribution in [0.25, 0.3) is 0 Å². The van der Waals surface area contributed by atoms with Crippen molar-refractivity contribution in [2.75, 3.05) is 6.54 Å². The number of pyridine rings is 1. The van der Waals surface area contributed by atoms with Gasteiger partial charge in [0, 0.05) is 12.4 Å². The Morgan fingerprint density at radius 3 is 2.79 bits per heavy atom. The molecule has 1 aliphatic heterocycles. The van der Waals surface area contributed by atoms with Gasteiger partial charge in [-0.15, -0.1) is 0 Å². The molecule has 1 aromatic heterocycles. The summed E-state index contributed by atoms with van der Waals surface area (Å²) < 4.78 is 0. The Hall–Kier alpha value is -2.20. The smallest absolute Gasteiger partial charge is 0.320 e. The minimum absolute atomic E-state index is 0.0688. The summed E-state index contributed by atoms with van der Waals surface area (Å²) in [6.45, 7) is 4.98. The third kappa shape index (κ3) is 3.34. The van der Waals surface area contributed by atoms with Crippen LogP contribution < -0.4 is 0 Å². The van der Waals surface area contributed by atoms with E-state index in [9.17, 15) is 9.90 Å². The zero-order valence-electron chi connectivity index (χ0n) is 14.3. The van der Waals surface area contributed by atoms with Gasteiger partial charge in [-0.05, 0) is 56.0 Å². The molecule has 0 aliphatic carbocycles. The van der Waals surface area contributed by atoms with Crippen LogP contribution >= 0.6 is 0 Å². The molecular formula is C20H24N2O2. The van der Waals surface area contributed by atoms with E-state index in [0.29, 0.717) is 6.42 Å². The minimum Gasteiger partial charge on any atom is -0.480 e. The summed E-state index contributed by atoms with van der Waals surface area (Å²) in [7, 11) is 0. The molecule has 0 spiro atoms. The van der Waals surface area contributed by atoms with Crippen LogP contribution in [0.15, 0.2) is 42.7 Å². The fourth-order valence-electron chi connectivity index (χ4n) is 3.75. The van der Waals surface area contributed by atoms with Crippen molar-refractivity contribution in [1.82, 2.24) is 9.88 Å². The number of nitrogens with zero attached hydrogens (tertiary/aromatic N) is 2. The summed E-state index contributed by atoms with van der Waals surface area (Å²) in [6, 6.07) is 9.86. The molecule has 4 heteroatoms. The van der Waals surface area contributed by atoms with Crippen molar-refractivity contribution >= 4 is 5.97 Å². The number of aryl methyl sites for hydroxylation is 2. The average Bonchev–Trinajstić information content (AvgIpc) is 2.58. The number of carboxylic acids is 1. The molecular weight excluding hydrogens is 300 g/mol. The van der Waals surface area contributed by atoms with E-state index in [1.807, 2.05) is 18.3 Å². The van der Waals surface area contributed by atoms with E-state index >= 15 is 0 Å². The van der Waals surface area contributed by atoms with Crippen molar-refractivity contribution in [1.29, 1.82) is 0 Å². The molecule has 2 heterocycles. The highest BCUT2D eigenvalue weighted by Crippen LogP contribution is 2.35. The van der Waals surface area contributed by atoms with Gasteiger partial charge in [0.15, 0.2) is 0 Å². The van der Waals surface area contributed by atoms with Gasteiger partial charge in [-0.2, -0.15) is 0 Å². The predicted molar refractivity (Wildman–Crippen MR) is 94.0 cm³/mol. The highest BCUT2D eigenvalue weighted by Gasteiger charge is 2.35. The summed E-state index contributed by atoms with van der Waals surface area (Å²) in [5.74, 6) is -0.728. The van der Waals surface area contributed by atoms with Crippen LogP contribution in [0.3, 0.4) is 0 Å². The lowest BCUT2D eigenvalue weighted by atomic mass is 9.89. The van der Waals surface area contributed by atoms with Crippen LogP contribution in [0.4, 0.5) is 0 Å². The normalized spacial score (nSPS) is 19.8. The van der Waals surface area contributed by atoms with Gasteiger partial charge < -0.3 is 5.11 Å². The average molecular weight is 324 g/mol. The van der Waals surface area contributed by atoms with Crippen molar-refractivity contribution < 1.29 is 9.90 Å². The minimum atomic E-state index is -0.728. The molecule has 0 saturated carbocycles. The Bertz CT molecular complexity index is 715. The molecule has 24 heavy (non-hydrogen) atoms. The first-order valence-corrected chi connectivity index (χ1v) is 8.53. The monoisotopic (exact) mass is 324 g/mol. The first-order valence-electron chi connectivity index (χ1n) is 8.53. The van der Waals surface area contributed by atoms with Gasteiger partial charge in [-0.1, -0.05) is 36.2 Å². The summed E-state index contributed by atoms with van der Waals surface area (Å²) in [5.41, 5.74) is 4.63. The Morgan fingerprint density at radius 2 is 2.12 bits per heavy atom. The molecule has 126 valence electrons. The number of rotatable bonds is 4. The summed E-state index contributed by atoms with van der Waals surface area (Å²) in [4.78, 5) is 18.2. The first-order chi connectivity index (χ1) is 11.6. The Morgan fingerprint density at radius 1 is 1.29 bits per heavy atom. The van der Waals surface area contributed by atoms with Crippen molar-refractivity contribution in [2.45, 2.75) is 45.2 Å². The van der Waals surface area contributed by atoms with Gasteiger partial charge in [-0.25, -0.2) is 0 Å². The molecule has 2 atom stereocenters. The van der Waals surface area contributed by atoms with E-state index in [2.05, 4.69) is 41.9 Å². The van der Waals surface area contributed by atoms with Crippen LogP contribution in [0.5, 0.6) is 0 Å². The van der Waals surface area contributed by atoms with E-state index in [1.54, 1.807) is 6.20 Å². The number of hydrogen-bond donors (Lipinski definition) is 1. The molecule has 0 amide bonds. The summed E-state index contributed by atoms with van der Waals surface area (Å²) in [5, 5.41) is 9.71. The standard InChI is InChI=1S/C20H24N2O2/c1-14-8-9-17(15(2)12-14)19(16-6-5-10-21-13-16)22-11-4-3-7-18(22)20(23)24/h5-6,8-10,12-13,18-19H,3-4,7,11H2,1-2H3,(H,23,24). The molecule has 3 rings (SSSR count). The van der Waals surface area contributed by atoms with Crippen molar-refractivity contribution in [3.05, 3.63) is 65.0 Å². The molecule has 0 radical (unpaired) electrons. The fraction of sp³-hybridized carbons (Fsp3) is 0.400. The Labute approximate surface area is 143 Å². The zero-order chi connectivity index (χ0) is 17.1. The maximum absolute atomic E-state index is 11.8. The van der Waals surface area contributed by atoms with Crippen molar-refractivity contribution in [3.63, 3.8) is 0 Å². The van der Waals surface area contributed by atoms with E-state index < -0.39 is 12.0 Å². The van der Waals surface area contributed by atoms with E-state index in [4.69, 9.17) is 0 Å². The quantitative estimate of drug-likeness (QED) is 0.931. The number of piperidine rings is 1. The van der Waals surface area contributed by atoms with E-state index in [1.165, 1.54) is 16.7 Å². The van der Waals surface area contributed by atoms with Gasteiger partial charge >= 0.3 is 5.97 Å². The number of aromatic nitrogens is 1. The van der Waals surface area contributed by atoms with Crippen molar-refractivity contribution in [2.24, 2.45) is 0 Å². The van der Waals surface area contributed by atoms with Crippen LogP contribution in [0.1, 0.15) is 47.6 Å². The first kappa shape index (κ1) is 16.7. The van der Waals surface area contributed by atoms with Crippen LogP contribution in [0.2, 0.25) is 0 Å². The van der Waals surface area contributed by atoms with Crippen LogP contribution in [0, 0.1) is 13.8 Å². The Kier molecular flexibility index (Phi) is 4.95. The largest absolute Gasteiger partial charge is 0.480 e. The lowest BCUT2D eigenvalue weighted by Crippen LogP contribution is -2.47. The van der Waals surface area contributed by atoms with E-state index in [0.717, 1.165) is 24.9 Å². The highest BCUT2D eigenvalue weighted by atomic mass is 16.4. The molecule has 1 saturated heterocycles. The number of likely N-dealkylation sites (tertiary alicyclic amines) is 1.